The van der Waals surface area contributed by atoms with Gasteiger partial charge >= 0.3 is 12.1 Å². The van der Waals surface area contributed by atoms with Crippen molar-refractivity contribution >= 4 is 23.9 Å². The third-order valence-corrected chi connectivity index (χ3v) is 5.03. The van der Waals surface area contributed by atoms with Crippen molar-refractivity contribution in [3.05, 3.63) is 34.9 Å². The van der Waals surface area contributed by atoms with Gasteiger partial charge in [0.2, 0.25) is 11.8 Å². The van der Waals surface area contributed by atoms with Gasteiger partial charge in [-0.05, 0) is 59.1 Å². The molecule has 0 aliphatic rings. The zero-order valence-electron chi connectivity index (χ0n) is 20.9. The molecule has 0 bridgehead atoms. The van der Waals surface area contributed by atoms with Gasteiger partial charge in [-0.3, -0.25) is 14.4 Å². The summed E-state index contributed by atoms with van der Waals surface area (Å²) in [6.07, 6.45) is -0.150. The van der Waals surface area contributed by atoms with Gasteiger partial charge in [-0.15, -0.1) is 0 Å². The molecule has 2 unspecified atom stereocenters. The molecule has 9 heteroatoms. The molecular weight excluding hydrogens is 426 g/mol. The highest BCUT2D eigenvalue weighted by atomic mass is 16.6. The molecule has 9 nitrogen and oxygen atoms in total. The van der Waals surface area contributed by atoms with E-state index in [-0.39, 0.29) is 19.1 Å². The smallest absolute Gasteiger partial charge is 0.408 e. The van der Waals surface area contributed by atoms with Gasteiger partial charge in [0, 0.05) is 6.04 Å². The van der Waals surface area contributed by atoms with Gasteiger partial charge < -0.3 is 25.0 Å². The number of methoxy groups -OCH3 is 1. The molecule has 0 spiro atoms. The van der Waals surface area contributed by atoms with Gasteiger partial charge in [0.15, 0.2) is 0 Å². The lowest BCUT2D eigenvalue weighted by Gasteiger charge is -2.36. The minimum Gasteiger partial charge on any atom is -0.468 e. The minimum absolute atomic E-state index is 0.324. The third kappa shape index (κ3) is 8.75. The molecule has 0 aromatic heterocycles. The van der Waals surface area contributed by atoms with E-state index < -0.39 is 35.5 Å². The Labute approximate surface area is 196 Å². The Morgan fingerprint density at radius 3 is 2.24 bits per heavy atom. The van der Waals surface area contributed by atoms with Gasteiger partial charge in [-0.2, -0.15) is 0 Å². The zero-order chi connectivity index (χ0) is 25.3. The van der Waals surface area contributed by atoms with Gasteiger partial charge in [0.05, 0.1) is 7.11 Å². The van der Waals surface area contributed by atoms with Crippen molar-refractivity contribution in [2.75, 3.05) is 20.2 Å². The van der Waals surface area contributed by atoms with E-state index in [0.29, 0.717) is 12.0 Å². The van der Waals surface area contributed by atoms with E-state index in [1.54, 1.807) is 20.8 Å². The summed E-state index contributed by atoms with van der Waals surface area (Å²) in [4.78, 5) is 51.7. The number of esters is 1. The summed E-state index contributed by atoms with van der Waals surface area (Å²) in [6, 6.07) is 4.32. The van der Waals surface area contributed by atoms with E-state index in [4.69, 9.17) is 4.74 Å². The van der Waals surface area contributed by atoms with Gasteiger partial charge in [-0.1, -0.05) is 30.7 Å². The van der Waals surface area contributed by atoms with Gasteiger partial charge in [0.1, 0.15) is 24.7 Å². The minimum atomic E-state index is -1.00. The number of amides is 3. The Morgan fingerprint density at radius 1 is 1.06 bits per heavy atom. The molecule has 1 aromatic rings. The van der Waals surface area contributed by atoms with Crippen LogP contribution >= 0.6 is 0 Å². The summed E-state index contributed by atoms with van der Waals surface area (Å²) in [6.45, 7) is 12.0. The number of nitrogens with zero attached hydrogens (tertiary/aromatic N) is 1. The maximum atomic E-state index is 13.3. The normalized spacial score (nSPS) is 12.8. The number of hydrogen-bond donors (Lipinski definition) is 2. The lowest BCUT2D eigenvalue weighted by Crippen LogP contribution is -2.51. The quantitative estimate of drug-likeness (QED) is 0.545. The van der Waals surface area contributed by atoms with Crippen LogP contribution in [0.15, 0.2) is 18.2 Å². The average molecular weight is 464 g/mol. The van der Waals surface area contributed by atoms with E-state index in [2.05, 4.69) is 15.4 Å². The first-order chi connectivity index (χ1) is 15.3. The van der Waals surface area contributed by atoms with Crippen LogP contribution in [0.2, 0.25) is 0 Å². The van der Waals surface area contributed by atoms with E-state index in [1.807, 2.05) is 45.9 Å². The van der Waals surface area contributed by atoms with Crippen LogP contribution in [0.4, 0.5) is 4.79 Å². The standard InChI is InChI=1S/C24H37N3O6/c1-9-17(4)27(19(28)13-26-23(31)33-24(5,6)7)21(22(30)25-14-20(29)32-8)18-12-15(2)10-11-16(18)3/h10-12,17,21H,9,13-14H2,1-8H3,(H,25,30)(H,26,31). The van der Waals surface area contributed by atoms with Gasteiger partial charge in [-0.25, -0.2) is 4.79 Å². The second-order valence-corrected chi connectivity index (χ2v) is 8.97. The fraction of sp³-hybridized carbons (Fsp3) is 0.583. The summed E-state index contributed by atoms with van der Waals surface area (Å²) >= 11 is 0. The van der Waals surface area contributed by atoms with Crippen molar-refractivity contribution in [2.24, 2.45) is 0 Å². The molecule has 0 aliphatic carbocycles. The van der Waals surface area contributed by atoms with Gasteiger partial charge in [0.25, 0.3) is 0 Å². The summed E-state index contributed by atoms with van der Waals surface area (Å²) in [5.41, 5.74) is 1.67. The second kappa shape index (κ2) is 12.2. The molecular formula is C24H37N3O6. The van der Waals surface area contributed by atoms with Crippen molar-refractivity contribution in [2.45, 2.75) is 72.6 Å². The van der Waals surface area contributed by atoms with Crippen LogP contribution in [0, 0.1) is 13.8 Å². The highest BCUT2D eigenvalue weighted by molar-refractivity contribution is 5.92. The van der Waals surface area contributed by atoms with E-state index in [1.165, 1.54) is 12.0 Å². The van der Waals surface area contributed by atoms with Crippen LogP contribution in [0.3, 0.4) is 0 Å². The topological polar surface area (TPSA) is 114 Å². The van der Waals surface area contributed by atoms with Crippen LogP contribution in [0.25, 0.3) is 0 Å². The lowest BCUT2D eigenvalue weighted by atomic mass is 9.95. The maximum Gasteiger partial charge on any atom is 0.408 e. The average Bonchev–Trinajstić information content (AvgIpc) is 2.73. The van der Waals surface area contributed by atoms with Crippen LogP contribution < -0.4 is 10.6 Å². The molecule has 184 valence electrons. The van der Waals surface area contributed by atoms with E-state index in [0.717, 1.165) is 11.1 Å². The molecule has 0 aliphatic heterocycles. The number of ether oxygens (including phenoxy) is 2. The predicted molar refractivity (Wildman–Crippen MR) is 125 cm³/mol. The maximum absolute atomic E-state index is 13.3. The van der Waals surface area contributed by atoms with Crippen molar-refractivity contribution in [1.29, 1.82) is 0 Å². The molecule has 2 atom stereocenters. The number of carbonyl (C=O) groups excluding carboxylic acids is 4. The fourth-order valence-corrected chi connectivity index (χ4v) is 3.19. The highest BCUT2D eigenvalue weighted by Crippen LogP contribution is 2.28. The molecule has 0 heterocycles. The molecule has 0 saturated carbocycles. The first-order valence-corrected chi connectivity index (χ1v) is 11.0. The predicted octanol–water partition coefficient (Wildman–Crippen LogP) is 2.79. The van der Waals surface area contributed by atoms with Crippen molar-refractivity contribution in [3.63, 3.8) is 0 Å². The Balaban J connectivity index is 3.32. The molecule has 1 rings (SSSR count). The Bertz CT molecular complexity index is 862. The lowest BCUT2D eigenvalue weighted by molar-refractivity contribution is -0.145. The number of alkyl carbamates (subject to hydrolysis) is 1. The number of aryl methyl sites for hydroxylation is 2. The molecule has 0 saturated heterocycles. The molecule has 2 N–H and O–H groups in total. The zero-order valence-corrected chi connectivity index (χ0v) is 20.9. The molecule has 0 fully saturated rings. The van der Waals surface area contributed by atoms with Crippen LogP contribution in [-0.2, 0) is 23.9 Å². The molecule has 33 heavy (non-hydrogen) atoms. The van der Waals surface area contributed by atoms with Crippen molar-refractivity contribution < 1.29 is 28.7 Å². The number of hydrogen-bond acceptors (Lipinski definition) is 6. The number of nitrogens with one attached hydrogen (secondary N) is 2. The largest absolute Gasteiger partial charge is 0.468 e. The summed E-state index contributed by atoms with van der Waals surface area (Å²) in [7, 11) is 1.23. The third-order valence-electron chi connectivity index (χ3n) is 5.03. The second-order valence-electron chi connectivity index (χ2n) is 8.97. The van der Waals surface area contributed by atoms with E-state index in [9.17, 15) is 19.2 Å². The monoisotopic (exact) mass is 463 g/mol. The number of benzene rings is 1. The Morgan fingerprint density at radius 2 is 1.70 bits per heavy atom. The Hall–Kier alpha value is -3.10. The Kier molecular flexibility index (Phi) is 10.3. The summed E-state index contributed by atoms with van der Waals surface area (Å²) < 4.78 is 9.82. The molecule has 3 amide bonds. The van der Waals surface area contributed by atoms with Crippen LogP contribution in [0.1, 0.15) is 63.8 Å². The molecule has 1 aromatic carbocycles. The van der Waals surface area contributed by atoms with Crippen LogP contribution in [-0.4, -0.2) is 60.6 Å². The van der Waals surface area contributed by atoms with Crippen molar-refractivity contribution in [3.8, 4) is 0 Å². The molecule has 0 radical (unpaired) electrons. The number of rotatable bonds is 9. The SMILES string of the molecule is CCC(C)N(C(=O)CNC(=O)OC(C)(C)C)C(C(=O)NCC(=O)OC)c1cc(C)ccc1C. The summed E-state index contributed by atoms with van der Waals surface area (Å²) in [5, 5.41) is 5.04. The highest BCUT2D eigenvalue weighted by Gasteiger charge is 2.35. The summed E-state index contributed by atoms with van der Waals surface area (Å²) in [5.74, 6) is -1.56. The van der Waals surface area contributed by atoms with Crippen molar-refractivity contribution in [1.82, 2.24) is 15.5 Å². The first kappa shape index (κ1) is 27.9. The number of carbonyl (C=O) groups is 4. The fourth-order valence-electron chi connectivity index (χ4n) is 3.19. The van der Waals surface area contributed by atoms with E-state index >= 15 is 0 Å². The van der Waals surface area contributed by atoms with Crippen LogP contribution in [0.5, 0.6) is 0 Å². The first-order valence-electron chi connectivity index (χ1n) is 11.0.